The Labute approximate surface area is 194 Å². The average molecular weight is 443 g/mol. The highest BCUT2D eigenvalue weighted by Crippen LogP contribution is 2.38. The summed E-state index contributed by atoms with van der Waals surface area (Å²) >= 11 is 0. The van der Waals surface area contributed by atoms with Crippen molar-refractivity contribution >= 4 is 34.1 Å². The van der Waals surface area contributed by atoms with Crippen LogP contribution in [0.3, 0.4) is 0 Å². The van der Waals surface area contributed by atoms with E-state index in [9.17, 15) is 5.11 Å². The van der Waals surface area contributed by atoms with Crippen LogP contribution < -0.4 is 9.64 Å². The molecule has 0 saturated heterocycles. The van der Waals surface area contributed by atoms with Gasteiger partial charge in [0, 0.05) is 66.5 Å². The Morgan fingerprint density at radius 1 is 1.12 bits per heavy atom. The standard InChI is InChI=1S/C27H30N4O2/c1-18(2)30-8-9-31(27-13-24(33-3)12-22(17-32)25(27)16-30)23-4-5-26-20(11-23)10-21(15-29-26)19-6-7-28-14-19/h4-6,10-15,18,32H,7-9,16-17H2,1-3H3. The normalized spacial score (nSPS) is 16.3. The van der Waals surface area contributed by atoms with Crippen molar-refractivity contribution in [1.29, 1.82) is 0 Å². The van der Waals surface area contributed by atoms with Crippen molar-refractivity contribution in [3.63, 3.8) is 0 Å². The maximum absolute atomic E-state index is 10.1. The fraction of sp³-hybridized carbons (Fsp3) is 0.333. The van der Waals surface area contributed by atoms with Crippen molar-refractivity contribution < 1.29 is 9.84 Å². The van der Waals surface area contributed by atoms with E-state index in [1.54, 1.807) is 7.11 Å². The van der Waals surface area contributed by atoms with Gasteiger partial charge in [-0.3, -0.25) is 14.9 Å². The van der Waals surface area contributed by atoms with Crippen LogP contribution in [0, 0.1) is 0 Å². The number of aromatic nitrogens is 1. The van der Waals surface area contributed by atoms with Crippen LogP contribution in [0.15, 0.2) is 53.7 Å². The molecule has 1 aromatic heterocycles. The molecule has 0 spiro atoms. The van der Waals surface area contributed by atoms with Crippen LogP contribution in [-0.2, 0) is 13.2 Å². The van der Waals surface area contributed by atoms with Gasteiger partial charge in [0.25, 0.3) is 0 Å². The van der Waals surface area contributed by atoms with Gasteiger partial charge in [-0.2, -0.15) is 0 Å². The summed E-state index contributed by atoms with van der Waals surface area (Å²) in [5.74, 6) is 0.762. The summed E-state index contributed by atoms with van der Waals surface area (Å²) in [6, 6.07) is 13.1. The first kappa shape index (κ1) is 21.6. The van der Waals surface area contributed by atoms with Gasteiger partial charge in [-0.1, -0.05) is 6.08 Å². The largest absolute Gasteiger partial charge is 0.497 e. The molecule has 2 aliphatic heterocycles. The average Bonchev–Trinajstić information content (AvgIpc) is 3.30. The van der Waals surface area contributed by atoms with Gasteiger partial charge in [0.2, 0.25) is 0 Å². The van der Waals surface area contributed by atoms with Gasteiger partial charge in [-0.25, -0.2) is 0 Å². The predicted molar refractivity (Wildman–Crippen MR) is 135 cm³/mol. The minimum absolute atomic E-state index is 0.0129. The van der Waals surface area contributed by atoms with E-state index in [1.165, 1.54) is 0 Å². The minimum atomic E-state index is -0.0129. The second-order valence-corrected chi connectivity index (χ2v) is 8.91. The molecule has 170 valence electrons. The number of rotatable bonds is 5. The van der Waals surface area contributed by atoms with Crippen LogP contribution in [0.5, 0.6) is 5.75 Å². The predicted octanol–water partition coefficient (Wildman–Crippen LogP) is 4.57. The lowest BCUT2D eigenvalue weighted by atomic mass is 10.0. The zero-order valence-corrected chi connectivity index (χ0v) is 19.5. The van der Waals surface area contributed by atoms with Crippen LogP contribution >= 0.6 is 0 Å². The van der Waals surface area contributed by atoms with Crippen LogP contribution in [-0.4, -0.2) is 54.0 Å². The van der Waals surface area contributed by atoms with Gasteiger partial charge in [0.05, 0.1) is 25.8 Å². The van der Waals surface area contributed by atoms with Gasteiger partial charge in [0.1, 0.15) is 5.75 Å². The molecule has 1 N–H and O–H groups in total. The number of pyridine rings is 1. The number of nitrogens with zero attached hydrogens (tertiary/aromatic N) is 4. The summed E-state index contributed by atoms with van der Waals surface area (Å²) in [5.41, 5.74) is 7.46. The Kier molecular flexibility index (Phi) is 5.87. The lowest BCUT2D eigenvalue weighted by Crippen LogP contribution is -2.34. The third-order valence-electron chi connectivity index (χ3n) is 6.65. The number of aliphatic hydroxyl groups excluding tert-OH is 1. The summed E-state index contributed by atoms with van der Waals surface area (Å²) in [6.45, 7) is 7.75. The van der Waals surface area contributed by atoms with Crippen LogP contribution in [0.1, 0.15) is 30.5 Å². The maximum atomic E-state index is 10.1. The zero-order chi connectivity index (χ0) is 22.9. The topological polar surface area (TPSA) is 61.2 Å². The number of hydrogen-bond donors (Lipinski definition) is 1. The minimum Gasteiger partial charge on any atom is -0.497 e. The number of anilines is 2. The van der Waals surface area contributed by atoms with E-state index in [2.05, 4.69) is 70.0 Å². The molecule has 0 atom stereocenters. The highest BCUT2D eigenvalue weighted by Gasteiger charge is 2.25. The van der Waals surface area contributed by atoms with Crippen LogP contribution in [0.2, 0.25) is 0 Å². The zero-order valence-electron chi connectivity index (χ0n) is 19.5. The number of benzene rings is 2. The third kappa shape index (κ3) is 4.12. The SMILES string of the molecule is COc1cc(CO)c2c(c1)N(c1ccc3ncc(C4=CCN=C4)cc3c1)CCN(C(C)C)C2. The Balaban J connectivity index is 1.63. The molecule has 6 heteroatoms. The molecule has 3 aromatic rings. The van der Waals surface area contributed by atoms with E-state index < -0.39 is 0 Å². The molecule has 0 saturated carbocycles. The summed E-state index contributed by atoms with van der Waals surface area (Å²) in [4.78, 5) is 13.8. The monoisotopic (exact) mass is 442 g/mol. The van der Waals surface area contributed by atoms with Gasteiger partial charge in [-0.15, -0.1) is 0 Å². The number of allylic oxidation sites excluding steroid dienone is 1. The molecule has 0 bridgehead atoms. The number of aliphatic hydroxyl groups is 1. The van der Waals surface area contributed by atoms with Gasteiger partial charge < -0.3 is 14.7 Å². The molecule has 0 aliphatic carbocycles. The Bertz CT molecular complexity index is 1250. The van der Waals surface area contributed by atoms with Gasteiger partial charge in [0.15, 0.2) is 0 Å². The molecule has 3 heterocycles. The van der Waals surface area contributed by atoms with Crippen molar-refractivity contribution in [3.8, 4) is 5.75 Å². The maximum Gasteiger partial charge on any atom is 0.121 e. The lowest BCUT2D eigenvalue weighted by molar-refractivity contribution is 0.220. The molecule has 5 rings (SSSR count). The highest BCUT2D eigenvalue weighted by atomic mass is 16.5. The molecule has 0 amide bonds. The molecule has 33 heavy (non-hydrogen) atoms. The molecular formula is C27H30N4O2. The van der Waals surface area contributed by atoms with Crippen LogP contribution in [0.25, 0.3) is 16.5 Å². The smallest absolute Gasteiger partial charge is 0.121 e. The van der Waals surface area contributed by atoms with E-state index in [0.29, 0.717) is 6.04 Å². The highest BCUT2D eigenvalue weighted by molar-refractivity contribution is 6.12. The number of fused-ring (bicyclic) bond motifs is 2. The Hall–Kier alpha value is -3.22. The number of hydrogen-bond acceptors (Lipinski definition) is 6. The molecule has 0 unspecified atom stereocenters. The van der Waals surface area contributed by atoms with Crippen molar-refractivity contribution in [2.45, 2.75) is 33.0 Å². The van der Waals surface area contributed by atoms with Crippen LogP contribution in [0.4, 0.5) is 11.4 Å². The fourth-order valence-electron chi connectivity index (χ4n) is 4.70. The second kappa shape index (κ2) is 8.96. The summed E-state index contributed by atoms with van der Waals surface area (Å²) < 4.78 is 5.59. The molecule has 2 aromatic carbocycles. The fourth-order valence-corrected chi connectivity index (χ4v) is 4.70. The molecule has 2 aliphatic rings. The van der Waals surface area contributed by atoms with Gasteiger partial charge >= 0.3 is 0 Å². The van der Waals surface area contributed by atoms with Crippen molar-refractivity contribution in [2.75, 3.05) is 31.6 Å². The lowest BCUT2D eigenvalue weighted by Gasteiger charge is -2.27. The molecule has 0 radical (unpaired) electrons. The van der Waals surface area contributed by atoms with E-state index in [1.807, 2.05) is 18.5 Å². The molecule has 0 fully saturated rings. The summed E-state index contributed by atoms with van der Waals surface area (Å²) in [6.07, 6.45) is 5.97. The third-order valence-corrected chi connectivity index (χ3v) is 6.65. The Morgan fingerprint density at radius 2 is 2.00 bits per heavy atom. The Morgan fingerprint density at radius 3 is 2.73 bits per heavy atom. The van der Waals surface area contributed by atoms with Crippen molar-refractivity contribution in [3.05, 3.63) is 65.4 Å². The first-order valence-electron chi connectivity index (χ1n) is 11.5. The number of aliphatic imine (C=N–C) groups is 1. The van der Waals surface area contributed by atoms with Gasteiger partial charge in [-0.05, 0) is 60.9 Å². The summed E-state index contributed by atoms with van der Waals surface area (Å²) in [7, 11) is 1.68. The van der Waals surface area contributed by atoms with E-state index >= 15 is 0 Å². The van der Waals surface area contributed by atoms with Crippen molar-refractivity contribution in [1.82, 2.24) is 9.88 Å². The molecule has 6 nitrogen and oxygen atoms in total. The van der Waals surface area contributed by atoms with Crippen molar-refractivity contribution in [2.24, 2.45) is 4.99 Å². The van der Waals surface area contributed by atoms with E-state index in [0.717, 1.165) is 76.5 Å². The first-order valence-corrected chi connectivity index (χ1v) is 11.5. The first-order chi connectivity index (χ1) is 16.1. The quantitative estimate of drug-likeness (QED) is 0.627. The number of methoxy groups -OCH3 is 1. The molecular weight excluding hydrogens is 412 g/mol. The number of ether oxygens (including phenoxy) is 1. The van der Waals surface area contributed by atoms with E-state index in [4.69, 9.17) is 4.74 Å². The van der Waals surface area contributed by atoms with E-state index in [-0.39, 0.29) is 6.61 Å². The summed E-state index contributed by atoms with van der Waals surface area (Å²) in [5, 5.41) is 11.2. The second-order valence-electron chi connectivity index (χ2n) is 8.91.